The molecule has 4 aromatic rings. The fraction of sp³-hybridized carbons (Fsp3) is 0.0909. The fourth-order valence-corrected chi connectivity index (χ4v) is 4.25. The highest BCUT2D eigenvalue weighted by atomic mass is 35.5. The lowest BCUT2D eigenvalue weighted by Crippen LogP contribution is -2.14. The molecule has 9 heteroatoms. The zero-order valence-electron chi connectivity index (χ0n) is 16.6. The standard InChI is InChI=1S/C22H19ClN4O3S/c1-16-24-21(27-12-2-3-13-27)14-22(25-16)30-20-10-8-19(9-11-20)26-31(28,29)15-17-4-6-18(23)7-5-17/h2-14,26H,15H2,1H3. The number of benzene rings is 2. The molecule has 2 heterocycles. The summed E-state index contributed by atoms with van der Waals surface area (Å²) in [4.78, 5) is 8.71. The summed E-state index contributed by atoms with van der Waals surface area (Å²) in [5.41, 5.74) is 1.09. The lowest BCUT2D eigenvalue weighted by Gasteiger charge is -2.11. The van der Waals surface area contributed by atoms with Crippen molar-refractivity contribution in [1.82, 2.24) is 14.5 Å². The van der Waals surface area contributed by atoms with Crippen LogP contribution in [0.4, 0.5) is 5.69 Å². The van der Waals surface area contributed by atoms with Gasteiger partial charge in [-0.25, -0.2) is 13.4 Å². The number of hydrogen-bond donors (Lipinski definition) is 1. The first kappa shape index (κ1) is 20.9. The Balaban J connectivity index is 1.44. The first-order chi connectivity index (χ1) is 14.9. The minimum atomic E-state index is -3.57. The van der Waals surface area contributed by atoms with Crippen molar-refractivity contribution in [2.45, 2.75) is 12.7 Å². The van der Waals surface area contributed by atoms with Crippen molar-refractivity contribution in [2.75, 3.05) is 4.72 Å². The third-order valence-corrected chi connectivity index (χ3v) is 5.80. The molecule has 0 aliphatic heterocycles. The van der Waals surface area contributed by atoms with E-state index in [0.717, 1.165) is 0 Å². The van der Waals surface area contributed by atoms with Gasteiger partial charge in [-0.05, 0) is 61.0 Å². The van der Waals surface area contributed by atoms with Crippen molar-refractivity contribution in [3.05, 3.63) is 95.5 Å². The van der Waals surface area contributed by atoms with Crippen molar-refractivity contribution < 1.29 is 13.2 Å². The van der Waals surface area contributed by atoms with E-state index in [-0.39, 0.29) is 5.75 Å². The van der Waals surface area contributed by atoms with Gasteiger partial charge in [0, 0.05) is 29.2 Å². The van der Waals surface area contributed by atoms with Crippen molar-refractivity contribution in [2.24, 2.45) is 0 Å². The summed E-state index contributed by atoms with van der Waals surface area (Å²) in [6.07, 6.45) is 3.77. The van der Waals surface area contributed by atoms with E-state index in [4.69, 9.17) is 16.3 Å². The van der Waals surface area contributed by atoms with Gasteiger partial charge in [-0.3, -0.25) is 4.72 Å². The van der Waals surface area contributed by atoms with E-state index in [2.05, 4.69) is 14.7 Å². The number of halogens is 1. The van der Waals surface area contributed by atoms with Crippen LogP contribution in [-0.2, 0) is 15.8 Å². The lowest BCUT2D eigenvalue weighted by molar-refractivity contribution is 0.459. The molecule has 0 spiro atoms. The molecule has 0 unspecified atom stereocenters. The van der Waals surface area contributed by atoms with Crippen LogP contribution in [0.3, 0.4) is 0 Å². The summed E-state index contributed by atoms with van der Waals surface area (Å²) in [5.74, 6) is 2.04. The van der Waals surface area contributed by atoms with Crippen LogP contribution in [0.15, 0.2) is 79.1 Å². The number of nitrogens with zero attached hydrogens (tertiary/aromatic N) is 3. The minimum absolute atomic E-state index is 0.148. The lowest BCUT2D eigenvalue weighted by atomic mass is 10.2. The van der Waals surface area contributed by atoms with Gasteiger partial charge in [-0.2, -0.15) is 4.98 Å². The van der Waals surface area contributed by atoms with Gasteiger partial charge < -0.3 is 9.30 Å². The molecule has 158 valence electrons. The Bertz CT molecular complexity index is 1270. The molecule has 0 amide bonds. The molecular formula is C22H19ClN4O3S. The number of rotatable bonds is 7. The van der Waals surface area contributed by atoms with Gasteiger partial charge in [-0.15, -0.1) is 0 Å². The Hall–Kier alpha value is -3.36. The molecule has 0 atom stereocenters. The monoisotopic (exact) mass is 454 g/mol. The van der Waals surface area contributed by atoms with Gasteiger partial charge >= 0.3 is 0 Å². The first-order valence-corrected chi connectivity index (χ1v) is 11.4. The Kier molecular flexibility index (Phi) is 5.92. The van der Waals surface area contributed by atoms with E-state index >= 15 is 0 Å². The quantitative estimate of drug-likeness (QED) is 0.426. The number of aromatic nitrogens is 3. The second kappa shape index (κ2) is 8.79. The van der Waals surface area contributed by atoms with Gasteiger partial charge in [0.05, 0.1) is 5.75 Å². The Morgan fingerprint density at radius 1 is 1.00 bits per heavy atom. The molecule has 0 aliphatic rings. The van der Waals surface area contributed by atoms with Crippen molar-refractivity contribution in [3.8, 4) is 17.4 Å². The maximum Gasteiger partial charge on any atom is 0.236 e. The van der Waals surface area contributed by atoms with Gasteiger partial charge in [-0.1, -0.05) is 23.7 Å². The highest BCUT2D eigenvalue weighted by Gasteiger charge is 2.12. The predicted molar refractivity (Wildman–Crippen MR) is 120 cm³/mol. The molecular weight excluding hydrogens is 436 g/mol. The fourth-order valence-electron chi connectivity index (χ4n) is 2.92. The summed E-state index contributed by atoms with van der Waals surface area (Å²) in [5, 5.41) is 0.559. The summed E-state index contributed by atoms with van der Waals surface area (Å²) in [6, 6.07) is 18.9. The third kappa shape index (κ3) is 5.62. The molecule has 0 fully saturated rings. The van der Waals surface area contributed by atoms with E-state index in [9.17, 15) is 8.42 Å². The van der Waals surface area contributed by atoms with Crippen LogP contribution < -0.4 is 9.46 Å². The molecule has 2 aromatic carbocycles. The highest BCUT2D eigenvalue weighted by molar-refractivity contribution is 7.91. The van der Waals surface area contributed by atoms with Gasteiger partial charge in [0.1, 0.15) is 17.4 Å². The molecule has 0 saturated carbocycles. The average Bonchev–Trinajstić information content (AvgIpc) is 3.25. The number of anilines is 1. The van der Waals surface area contributed by atoms with Crippen LogP contribution in [-0.4, -0.2) is 23.0 Å². The Morgan fingerprint density at radius 2 is 1.68 bits per heavy atom. The molecule has 0 saturated heterocycles. The molecule has 4 rings (SSSR count). The maximum absolute atomic E-state index is 12.4. The maximum atomic E-state index is 12.4. The van der Waals surface area contributed by atoms with E-state index in [1.54, 1.807) is 61.5 Å². The van der Waals surface area contributed by atoms with E-state index in [0.29, 0.717) is 39.5 Å². The zero-order chi connectivity index (χ0) is 21.8. The summed E-state index contributed by atoms with van der Waals surface area (Å²) in [7, 11) is -3.57. The molecule has 0 bridgehead atoms. The first-order valence-electron chi connectivity index (χ1n) is 9.38. The van der Waals surface area contributed by atoms with Crippen molar-refractivity contribution in [1.29, 1.82) is 0 Å². The Labute approximate surface area is 185 Å². The van der Waals surface area contributed by atoms with Crippen LogP contribution in [0.2, 0.25) is 5.02 Å². The second-order valence-electron chi connectivity index (χ2n) is 6.82. The number of sulfonamides is 1. The van der Waals surface area contributed by atoms with Crippen molar-refractivity contribution in [3.63, 3.8) is 0 Å². The molecule has 7 nitrogen and oxygen atoms in total. The average molecular weight is 455 g/mol. The van der Waals surface area contributed by atoms with E-state index < -0.39 is 10.0 Å². The van der Waals surface area contributed by atoms with Crippen molar-refractivity contribution >= 4 is 27.3 Å². The molecule has 31 heavy (non-hydrogen) atoms. The second-order valence-corrected chi connectivity index (χ2v) is 8.97. The van der Waals surface area contributed by atoms with Gasteiger partial charge in [0.2, 0.25) is 15.9 Å². The molecule has 2 aromatic heterocycles. The number of nitrogens with one attached hydrogen (secondary N) is 1. The van der Waals surface area contributed by atoms with E-state index in [1.807, 2.05) is 29.1 Å². The molecule has 1 N–H and O–H groups in total. The number of ether oxygens (including phenoxy) is 1. The summed E-state index contributed by atoms with van der Waals surface area (Å²) < 4.78 is 35.1. The summed E-state index contributed by atoms with van der Waals surface area (Å²) >= 11 is 5.84. The minimum Gasteiger partial charge on any atom is -0.439 e. The third-order valence-electron chi connectivity index (χ3n) is 4.29. The Morgan fingerprint density at radius 3 is 2.35 bits per heavy atom. The SMILES string of the molecule is Cc1nc(Oc2ccc(NS(=O)(=O)Cc3ccc(Cl)cc3)cc2)cc(-n2cccc2)n1. The normalized spacial score (nSPS) is 11.3. The van der Waals surface area contributed by atoms with Gasteiger partial charge in [0.15, 0.2) is 0 Å². The topological polar surface area (TPSA) is 86.1 Å². The van der Waals surface area contributed by atoms with Crippen LogP contribution in [0, 0.1) is 6.92 Å². The van der Waals surface area contributed by atoms with Crippen LogP contribution in [0.1, 0.15) is 11.4 Å². The van der Waals surface area contributed by atoms with Crippen LogP contribution in [0.5, 0.6) is 11.6 Å². The zero-order valence-corrected chi connectivity index (χ0v) is 18.1. The number of hydrogen-bond acceptors (Lipinski definition) is 5. The largest absolute Gasteiger partial charge is 0.439 e. The predicted octanol–water partition coefficient (Wildman–Crippen LogP) is 4.96. The summed E-state index contributed by atoms with van der Waals surface area (Å²) in [6.45, 7) is 1.79. The smallest absolute Gasteiger partial charge is 0.236 e. The van der Waals surface area contributed by atoms with Crippen LogP contribution in [0.25, 0.3) is 5.82 Å². The highest BCUT2D eigenvalue weighted by Crippen LogP contribution is 2.24. The van der Waals surface area contributed by atoms with E-state index in [1.165, 1.54) is 0 Å². The van der Waals surface area contributed by atoms with Gasteiger partial charge in [0.25, 0.3) is 0 Å². The number of aryl methyl sites for hydroxylation is 1. The molecule has 0 aliphatic carbocycles. The van der Waals surface area contributed by atoms with Crippen LogP contribution >= 0.6 is 11.6 Å². The molecule has 0 radical (unpaired) electrons.